The molecule has 1 amide bonds. The van der Waals surface area contributed by atoms with E-state index in [1.807, 2.05) is 54.6 Å². The second-order valence-electron chi connectivity index (χ2n) is 5.77. The second kappa shape index (κ2) is 8.67. The van der Waals surface area contributed by atoms with Crippen LogP contribution in [-0.4, -0.2) is 25.1 Å². The zero-order valence-electron chi connectivity index (χ0n) is 15.2. The van der Waals surface area contributed by atoms with Gasteiger partial charge in [0.25, 0.3) is 5.91 Å². The highest BCUT2D eigenvalue weighted by molar-refractivity contribution is 6.05. The van der Waals surface area contributed by atoms with E-state index >= 15 is 0 Å². The van der Waals surface area contributed by atoms with Gasteiger partial charge in [-0.15, -0.1) is 0 Å². The molecule has 0 unspecified atom stereocenters. The minimum Gasteiger partial charge on any atom is -0.497 e. The van der Waals surface area contributed by atoms with Crippen LogP contribution in [-0.2, 0) is 0 Å². The van der Waals surface area contributed by atoms with Gasteiger partial charge in [0.15, 0.2) is 0 Å². The van der Waals surface area contributed by atoms with Gasteiger partial charge in [0.2, 0.25) is 0 Å². The molecule has 27 heavy (non-hydrogen) atoms. The largest absolute Gasteiger partial charge is 0.497 e. The molecule has 3 rings (SSSR count). The van der Waals surface area contributed by atoms with Gasteiger partial charge in [-0.25, -0.2) is 0 Å². The average molecular weight is 360 g/mol. The van der Waals surface area contributed by atoms with E-state index in [9.17, 15) is 4.79 Å². The molecule has 0 atom stereocenters. The zero-order valence-corrected chi connectivity index (χ0v) is 15.2. The Balaban J connectivity index is 1.76. The van der Waals surface area contributed by atoms with E-state index in [4.69, 9.17) is 9.47 Å². The van der Waals surface area contributed by atoms with Crippen molar-refractivity contribution in [1.82, 2.24) is 4.98 Å². The van der Waals surface area contributed by atoms with Crippen LogP contribution in [0.15, 0.2) is 66.9 Å². The molecule has 1 N–H and O–H groups in total. The van der Waals surface area contributed by atoms with Crippen LogP contribution in [0.2, 0.25) is 0 Å². The predicted molar refractivity (Wildman–Crippen MR) is 107 cm³/mol. The van der Waals surface area contributed by atoms with Crippen molar-refractivity contribution in [2.75, 3.05) is 19.5 Å². The van der Waals surface area contributed by atoms with E-state index in [1.165, 1.54) is 0 Å². The van der Waals surface area contributed by atoms with Crippen molar-refractivity contribution in [2.45, 2.75) is 0 Å². The normalized spacial score (nSPS) is 10.6. The third-order valence-electron chi connectivity index (χ3n) is 3.89. The summed E-state index contributed by atoms with van der Waals surface area (Å²) < 4.78 is 10.4. The highest BCUT2D eigenvalue weighted by atomic mass is 16.5. The molecule has 0 aliphatic rings. The van der Waals surface area contributed by atoms with E-state index in [0.717, 1.165) is 11.3 Å². The molecule has 0 saturated heterocycles. The van der Waals surface area contributed by atoms with Gasteiger partial charge in [-0.1, -0.05) is 24.3 Å². The Morgan fingerprint density at radius 3 is 2.37 bits per heavy atom. The number of amides is 1. The molecule has 0 radical (unpaired) electrons. The number of hydrogen-bond acceptors (Lipinski definition) is 4. The Morgan fingerprint density at radius 2 is 1.70 bits per heavy atom. The van der Waals surface area contributed by atoms with Crippen molar-refractivity contribution >= 4 is 23.7 Å². The molecule has 2 aromatic carbocycles. The average Bonchev–Trinajstić information content (AvgIpc) is 2.72. The van der Waals surface area contributed by atoms with Gasteiger partial charge >= 0.3 is 0 Å². The Hall–Kier alpha value is -3.60. The number of anilines is 1. The van der Waals surface area contributed by atoms with Crippen molar-refractivity contribution < 1.29 is 14.3 Å². The van der Waals surface area contributed by atoms with Gasteiger partial charge in [0.1, 0.15) is 11.5 Å². The second-order valence-corrected chi connectivity index (χ2v) is 5.77. The van der Waals surface area contributed by atoms with Gasteiger partial charge in [0.05, 0.1) is 19.9 Å². The van der Waals surface area contributed by atoms with Crippen LogP contribution < -0.4 is 14.8 Å². The van der Waals surface area contributed by atoms with Gasteiger partial charge in [-0.3, -0.25) is 9.78 Å². The first-order valence-electron chi connectivity index (χ1n) is 8.41. The van der Waals surface area contributed by atoms with Crippen LogP contribution >= 0.6 is 0 Å². The van der Waals surface area contributed by atoms with E-state index in [2.05, 4.69) is 10.3 Å². The lowest BCUT2D eigenvalue weighted by Gasteiger charge is -2.09. The first kappa shape index (κ1) is 18.2. The van der Waals surface area contributed by atoms with Crippen LogP contribution in [0, 0.1) is 0 Å². The van der Waals surface area contributed by atoms with Crippen LogP contribution in [0.4, 0.5) is 5.69 Å². The van der Waals surface area contributed by atoms with Crippen molar-refractivity contribution in [3.05, 3.63) is 83.7 Å². The standard InChI is InChI=1S/C22H20N2O3/c1-26-20-13-17(14-21(15-20)27-2)22(25)24-19-8-5-6-16(12-19)9-10-18-7-3-4-11-23-18/h3-15H,1-2H3,(H,24,25)/b10-9+. The topological polar surface area (TPSA) is 60.5 Å². The Bertz CT molecular complexity index is 931. The number of nitrogens with one attached hydrogen (secondary N) is 1. The zero-order chi connectivity index (χ0) is 19.1. The molecule has 1 aromatic heterocycles. The van der Waals surface area contributed by atoms with Crippen LogP contribution in [0.25, 0.3) is 12.2 Å². The quantitative estimate of drug-likeness (QED) is 0.702. The third-order valence-corrected chi connectivity index (χ3v) is 3.89. The van der Waals surface area contributed by atoms with Gasteiger partial charge in [-0.2, -0.15) is 0 Å². The molecule has 0 saturated carbocycles. The first-order valence-corrected chi connectivity index (χ1v) is 8.41. The van der Waals surface area contributed by atoms with Gasteiger partial charge < -0.3 is 14.8 Å². The maximum Gasteiger partial charge on any atom is 0.255 e. The summed E-state index contributed by atoms with van der Waals surface area (Å²) in [6, 6.07) is 18.4. The Labute approximate surface area is 158 Å². The highest BCUT2D eigenvalue weighted by Crippen LogP contribution is 2.23. The van der Waals surface area contributed by atoms with E-state index < -0.39 is 0 Å². The fourth-order valence-corrected chi connectivity index (χ4v) is 2.52. The third kappa shape index (κ3) is 4.95. The fourth-order valence-electron chi connectivity index (χ4n) is 2.52. The molecule has 0 bridgehead atoms. The molecular weight excluding hydrogens is 340 g/mol. The molecular formula is C22H20N2O3. The van der Waals surface area contributed by atoms with Gasteiger partial charge in [-0.05, 0) is 48.0 Å². The molecule has 0 aliphatic carbocycles. The summed E-state index contributed by atoms with van der Waals surface area (Å²) in [7, 11) is 3.10. The molecule has 0 aliphatic heterocycles. The number of carbonyl (C=O) groups excluding carboxylic acids is 1. The smallest absolute Gasteiger partial charge is 0.255 e. The number of carbonyl (C=O) groups is 1. The highest BCUT2D eigenvalue weighted by Gasteiger charge is 2.10. The van der Waals surface area contributed by atoms with E-state index in [-0.39, 0.29) is 5.91 Å². The summed E-state index contributed by atoms with van der Waals surface area (Å²) >= 11 is 0. The summed E-state index contributed by atoms with van der Waals surface area (Å²) in [5.74, 6) is 0.885. The Morgan fingerprint density at radius 1 is 0.926 bits per heavy atom. The van der Waals surface area contributed by atoms with E-state index in [1.54, 1.807) is 38.6 Å². The van der Waals surface area contributed by atoms with Crippen molar-refractivity contribution in [2.24, 2.45) is 0 Å². The number of hydrogen-bond donors (Lipinski definition) is 1. The number of aromatic nitrogens is 1. The summed E-state index contributed by atoms with van der Waals surface area (Å²) in [5.41, 5.74) is 2.99. The first-order chi connectivity index (χ1) is 13.2. The number of rotatable bonds is 6. The minimum atomic E-state index is -0.238. The molecule has 3 aromatic rings. The fraction of sp³-hybridized carbons (Fsp3) is 0.0909. The lowest BCUT2D eigenvalue weighted by molar-refractivity contribution is 0.102. The monoisotopic (exact) mass is 360 g/mol. The summed E-state index contributed by atoms with van der Waals surface area (Å²) in [4.78, 5) is 16.8. The lowest BCUT2D eigenvalue weighted by Crippen LogP contribution is -2.12. The van der Waals surface area contributed by atoms with Crippen molar-refractivity contribution in [3.63, 3.8) is 0 Å². The molecule has 1 heterocycles. The molecule has 5 heteroatoms. The van der Waals surface area contributed by atoms with Crippen LogP contribution in [0.1, 0.15) is 21.6 Å². The minimum absolute atomic E-state index is 0.238. The van der Waals surface area contributed by atoms with Crippen LogP contribution in [0.3, 0.4) is 0 Å². The molecule has 5 nitrogen and oxygen atoms in total. The van der Waals surface area contributed by atoms with Crippen molar-refractivity contribution in [1.29, 1.82) is 0 Å². The Kier molecular flexibility index (Phi) is 5.84. The number of nitrogens with zero attached hydrogens (tertiary/aromatic N) is 1. The summed E-state index contributed by atoms with van der Waals surface area (Å²) in [6.45, 7) is 0. The predicted octanol–water partition coefficient (Wildman–Crippen LogP) is 4.52. The SMILES string of the molecule is COc1cc(OC)cc(C(=O)Nc2cccc(/C=C/c3ccccn3)c2)c1. The summed E-state index contributed by atoms with van der Waals surface area (Å²) in [6.07, 6.45) is 5.62. The number of methoxy groups -OCH3 is 2. The number of pyridine rings is 1. The van der Waals surface area contributed by atoms with Crippen molar-refractivity contribution in [3.8, 4) is 11.5 Å². The number of benzene rings is 2. The molecule has 0 spiro atoms. The van der Waals surface area contributed by atoms with E-state index in [0.29, 0.717) is 22.7 Å². The molecule has 0 fully saturated rings. The molecule has 136 valence electrons. The maximum atomic E-state index is 12.6. The van der Waals surface area contributed by atoms with Gasteiger partial charge in [0, 0.05) is 23.5 Å². The maximum absolute atomic E-state index is 12.6. The summed E-state index contributed by atoms with van der Waals surface area (Å²) in [5, 5.41) is 2.90. The number of ether oxygens (including phenoxy) is 2. The van der Waals surface area contributed by atoms with Crippen LogP contribution in [0.5, 0.6) is 11.5 Å². The lowest BCUT2D eigenvalue weighted by atomic mass is 10.1.